The van der Waals surface area contributed by atoms with Crippen LogP contribution in [-0.4, -0.2) is 34.6 Å². The van der Waals surface area contributed by atoms with Crippen LogP contribution in [0.4, 0.5) is 4.39 Å². The smallest absolute Gasteiger partial charge is 0.236 e. The average Bonchev–Trinajstić information content (AvgIpc) is 3.40. The van der Waals surface area contributed by atoms with Crippen LogP contribution in [0.15, 0.2) is 36.7 Å². The molecule has 0 unspecified atom stereocenters. The molecule has 0 aliphatic carbocycles. The maximum absolute atomic E-state index is 14.6. The van der Waals surface area contributed by atoms with Gasteiger partial charge < -0.3 is 4.74 Å². The predicted octanol–water partition coefficient (Wildman–Crippen LogP) is 3.42. The highest BCUT2D eigenvalue weighted by Crippen LogP contribution is 2.32. The molecule has 8 nitrogen and oxygen atoms in total. The summed E-state index contributed by atoms with van der Waals surface area (Å²) in [5.74, 6) is -1.74. The third-order valence-electron chi connectivity index (χ3n) is 4.06. The molecule has 0 bridgehead atoms. The highest BCUT2D eigenvalue weighted by atomic mass is 19.1. The Morgan fingerprint density at radius 2 is 2.07 bits per heavy atom. The highest BCUT2D eigenvalue weighted by molar-refractivity contribution is 5.60. The van der Waals surface area contributed by atoms with Crippen molar-refractivity contribution >= 4 is 5.65 Å². The van der Waals surface area contributed by atoms with Gasteiger partial charge in [0.2, 0.25) is 5.88 Å². The highest BCUT2D eigenvalue weighted by Gasteiger charge is 2.24. The van der Waals surface area contributed by atoms with Gasteiger partial charge in [0.25, 0.3) is 0 Å². The van der Waals surface area contributed by atoms with Crippen LogP contribution < -0.4 is 4.74 Å². The van der Waals surface area contributed by atoms with Crippen LogP contribution in [0.1, 0.15) is 55.2 Å². The van der Waals surface area contributed by atoms with E-state index in [9.17, 15) is 4.39 Å². The number of aryl methyl sites for hydroxylation is 1. The molecule has 3 aromatic heterocycles. The van der Waals surface area contributed by atoms with E-state index in [1.807, 2.05) is 0 Å². The summed E-state index contributed by atoms with van der Waals surface area (Å²) in [6, 6.07) is 6.29. The van der Waals surface area contributed by atoms with Gasteiger partial charge in [0.05, 0.1) is 5.56 Å². The van der Waals surface area contributed by atoms with Gasteiger partial charge in [-0.25, -0.2) is 14.1 Å². The van der Waals surface area contributed by atoms with Crippen molar-refractivity contribution in [3.63, 3.8) is 0 Å². The minimum Gasteiger partial charge on any atom is -0.468 e. The second-order valence-corrected chi connectivity index (χ2v) is 6.01. The summed E-state index contributed by atoms with van der Waals surface area (Å²) < 4.78 is 118. The molecule has 4 rings (SSSR count). The first kappa shape index (κ1) is 9.43. The standard InChI is InChI=1S/C20H22FN7O/c1-5-27-17(22-12-23-27)11-29-19-14(20(2,3)4)10-16-24-25-18(28(16)26-19)13-8-6-7-9-15(13)21/h6-10,12H,5,11H2,1-4H3/i1D3,2D3,3D3,4D3. The number of ether oxygens (including phenoxy) is 1. The average molecular weight is 408 g/mol. The lowest BCUT2D eigenvalue weighted by atomic mass is 9.88. The normalized spacial score (nSPS) is 19.8. The Morgan fingerprint density at radius 3 is 2.86 bits per heavy atom. The summed E-state index contributed by atoms with van der Waals surface area (Å²) in [7, 11) is 0. The molecule has 1 aromatic carbocycles. The first-order valence-corrected chi connectivity index (χ1v) is 8.29. The SMILES string of the molecule is [2H]C([2H])([2H])Cn1ncnc1COc1nn2c(-c3ccccc3F)nnc2cc1C(C([2H])([2H])[2H])(C([2H])([2H])[2H])C([2H])([2H])[2H]. The van der Waals surface area contributed by atoms with Crippen LogP contribution in [-0.2, 0) is 18.6 Å². The Bertz CT molecular complexity index is 1520. The maximum atomic E-state index is 14.6. The number of nitrogens with zero attached hydrogens (tertiary/aromatic N) is 7. The van der Waals surface area contributed by atoms with Crippen molar-refractivity contribution in [1.82, 2.24) is 34.6 Å². The van der Waals surface area contributed by atoms with Crippen LogP contribution >= 0.6 is 0 Å². The molecule has 150 valence electrons. The molecule has 0 saturated heterocycles. The largest absolute Gasteiger partial charge is 0.468 e. The summed E-state index contributed by atoms with van der Waals surface area (Å²) in [5.41, 5.74) is -4.76. The lowest BCUT2D eigenvalue weighted by Gasteiger charge is -2.21. The van der Waals surface area contributed by atoms with E-state index in [1.54, 1.807) is 0 Å². The van der Waals surface area contributed by atoms with E-state index in [-0.39, 0.29) is 22.9 Å². The number of rotatable bonds is 5. The van der Waals surface area contributed by atoms with Crippen LogP contribution in [0.3, 0.4) is 0 Å². The predicted molar refractivity (Wildman–Crippen MR) is 105 cm³/mol. The van der Waals surface area contributed by atoms with Gasteiger partial charge in [-0.15, -0.1) is 15.3 Å². The van der Waals surface area contributed by atoms with Gasteiger partial charge in [0.15, 0.2) is 17.3 Å². The Kier molecular flexibility index (Phi) is 2.35. The van der Waals surface area contributed by atoms with E-state index in [0.717, 1.165) is 27.7 Å². The zero-order chi connectivity index (χ0) is 30.6. The molecular formula is C20H22FN7O. The topological polar surface area (TPSA) is 83.0 Å². The lowest BCUT2D eigenvalue weighted by molar-refractivity contribution is 0.264. The van der Waals surface area contributed by atoms with E-state index in [0.29, 0.717) is 0 Å². The summed E-state index contributed by atoms with van der Waals surface area (Å²) in [6.07, 6.45) is 1.04. The van der Waals surface area contributed by atoms with Crippen molar-refractivity contribution in [2.45, 2.75) is 46.0 Å². The molecule has 0 fully saturated rings. The molecule has 3 heterocycles. The molecule has 0 atom stereocenters. The van der Waals surface area contributed by atoms with Gasteiger partial charge in [-0.2, -0.15) is 9.61 Å². The zero-order valence-corrected chi connectivity index (χ0v) is 14.8. The first-order valence-electron chi connectivity index (χ1n) is 14.3. The van der Waals surface area contributed by atoms with Crippen molar-refractivity contribution in [2.75, 3.05) is 0 Å². The molecule has 0 amide bonds. The number of hydrogen-bond acceptors (Lipinski definition) is 6. The quantitative estimate of drug-likeness (QED) is 0.504. The minimum absolute atomic E-state index is 0.0719. The molecule has 9 heteroatoms. The summed E-state index contributed by atoms with van der Waals surface area (Å²) in [6.45, 7) is -14.7. The Hall–Kier alpha value is -3.36. The minimum atomic E-state index is -3.67. The van der Waals surface area contributed by atoms with Crippen molar-refractivity contribution in [3.05, 3.63) is 53.9 Å². The molecule has 0 spiro atoms. The van der Waals surface area contributed by atoms with Gasteiger partial charge in [-0.1, -0.05) is 32.7 Å². The number of hydrogen-bond donors (Lipinski definition) is 0. The number of aromatic nitrogens is 7. The Morgan fingerprint density at radius 1 is 1.21 bits per heavy atom. The monoisotopic (exact) mass is 407 g/mol. The van der Waals surface area contributed by atoms with Crippen LogP contribution in [0.5, 0.6) is 5.88 Å². The van der Waals surface area contributed by atoms with Crippen LogP contribution in [0.2, 0.25) is 0 Å². The van der Waals surface area contributed by atoms with E-state index in [1.165, 1.54) is 18.2 Å². The first-order chi connectivity index (χ1) is 18.8. The molecule has 0 N–H and O–H groups in total. The molecule has 0 aliphatic rings. The zero-order valence-electron chi connectivity index (χ0n) is 26.8. The van der Waals surface area contributed by atoms with Gasteiger partial charge in [-0.05, 0) is 30.5 Å². The summed E-state index contributed by atoms with van der Waals surface area (Å²) >= 11 is 0. The van der Waals surface area contributed by atoms with Gasteiger partial charge >= 0.3 is 0 Å². The van der Waals surface area contributed by atoms with Crippen LogP contribution in [0, 0.1) is 5.82 Å². The molecule has 4 aromatic rings. The summed E-state index contributed by atoms with van der Waals surface area (Å²) in [5, 5.41) is 15.7. The fraction of sp³-hybridized carbons (Fsp3) is 0.350. The molecule has 29 heavy (non-hydrogen) atoms. The van der Waals surface area contributed by atoms with E-state index < -0.39 is 63.2 Å². The van der Waals surface area contributed by atoms with Crippen LogP contribution in [0.25, 0.3) is 17.0 Å². The van der Waals surface area contributed by atoms with Gasteiger partial charge in [0, 0.05) is 28.6 Å². The second kappa shape index (κ2) is 7.23. The Labute approximate surface area is 184 Å². The maximum Gasteiger partial charge on any atom is 0.236 e. The molecular weight excluding hydrogens is 373 g/mol. The van der Waals surface area contributed by atoms with Gasteiger partial charge in [-0.3, -0.25) is 0 Å². The number of benzene rings is 1. The van der Waals surface area contributed by atoms with Crippen molar-refractivity contribution < 1.29 is 25.6 Å². The lowest BCUT2D eigenvalue weighted by Crippen LogP contribution is -2.17. The van der Waals surface area contributed by atoms with E-state index >= 15 is 0 Å². The number of fused-ring (bicyclic) bond motifs is 1. The van der Waals surface area contributed by atoms with Crippen molar-refractivity contribution in [3.8, 4) is 17.3 Å². The third kappa shape index (κ3) is 3.55. The Balaban J connectivity index is 1.99. The summed E-state index contributed by atoms with van der Waals surface area (Å²) in [4.78, 5) is 3.92. The second-order valence-electron chi connectivity index (χ2n) is 6.01. The third-order valence-corrected chi connectivity index (χ3v) is 4.06. The molecule has 0 radical (unpaired) electrons. The van der Waals surface area contributed by atoms with Crippen molar-refractivity contribution in [1.29, 1.82) is 0 Å². The van der Waals surface area contributed by atoms with Gasteiger partial charge in [0.1, 0.15) is 18.8 Å². The van der Waals surface area contributed by atoms with Crippen molar-refractivity contribution in [2.24, 2.45) is 0 Å². The fourth-order valence-corrected chi connectivity index (χ4v) is 2.67. The van der Waals surface area contributed by atoms with E-state index in [4.69, 9.17) is 21.2 Å². The molecule has 0 saturated carbocycles. The fourth-order valence-electron chi connectivity index (χ4n) is 2.67. The molecule has 0 aliphatic heterocycles. The number of halogens is 1. The van der Waals surface area contributed by atoms with E-state index in [2.05, 4.69) is 25.4 Å².